The fraction of sp³-hybridized carbons (Fsp3) is 1.00. The number of hydrogen-bond acceptors (Lipinski definition) is 0. The SMILES string of the molecule is C.C.O.O.O.O.O.O.O.O.O.O.O.O.O.O.O.O.O.O.O.O.O.O.O.O.O.O.O.O.O.O.O.O.O.O.O.O.O.O.O.O.O.O.O.O.O.O.O.O.O.O.O.O.O.O.O.O.O.O.O.O.O.O.O.O.O.O.O.O.O.O.O.O.O.O.O.O.O.O.O.O.O.O.O.O.O.O.O.O.O.O.O.O.O.O.O.O.O.O.O.O.O.O.O.O.O.O.O.O.O.O.O.O.O.O.O.O.O.O.O.O.O.O.O.O.O.O.O.O.O.O.O.O.O.O.O.O.O.O.O. The zero-order valence-electron chi connectivity index (χ0n) is 69.5. The van der Waals surface area contributed by atoms with Crippen LogP contribution in [0.4, 0.5) is 0 Å². The molecular formula is C2H286O139. The van der Waals surface area contributed by atoms with E-state index in [1.807, 2.05) is 0 Å². The monoisotopic (exact) mass is 2540 g/mol. The van der Waals surface area contributed by atoms with E-state index in [2.05, 4.69) is 0 Å². The number of rotatable bonds is 0. The zero-order valence-corrected chi connectivity index (χ0v) is 69.5. The van der Waals surface area contributed by atoms with Crippen molar-refractivity contribution in [1.82, 2.24) is 0 Å². The van der Waals surface area contributed by atoms with Gasteiger partial charge in [-0.05, 0) is 0 Å². The molecule has 0 saturated carbocycles. The molecule has 0 saturated heterocycles. The van der Waals surface area contributed by atoms with E-state index in [0.29, 0.717) is 0 Å². The second kappa shape index (κ2) is 77400. The summed E-state index contributed by atoms with van der Waals surface area (Å²) in [4.78, 5) is 0. The van der Waals surface area contributed by atoms with Crippen molar-refractivity contribution in [3.63, 3.8) is 0 Å². The summed E-state index contributed by atoms with van der Waals surface area (Å²) in [6.07, 6.45) is 0. The first kappa shape index (κ1) is 79200. The molecule has 0 radical (unpaired) electrons. The Bertz CT molecular complexity index is 15.1. The van der Waals surface area contributed by atoms with Gasteiger partial charge in [-0.25, -0.2) is 0 Å². The molecule has 0 aromatic heterocycles. The Morgan fingerprint density at radius 1 is 0.0142 bits per heavy atom. The predicted molar refractivity (Wildman–Crippen MR) is 516 cm³/mol. The average molecular weight is 2540 g/mol. The zero-order chi connectivity index (χ0) is 0. The van der Waals surface area contributed by atoms with Gasteiger partial charge in [0.1, 0.15) is 0 Å². The summed E-state index contributed by atoms with van der Waals surface area (Å²) in [5.41, 5.74) is 0. The molecule has 0 heterocycles. The first-order valence-electron chi connectivity index (χ1n) is 0. The first-order chi connectivity index (χ1) is 0. The normalized spacial score (nSPS) is 0. The van der Waals surface area contributed by atoms with Gasteiger partial charge in [-0.1, -0.05) is 14.9 Å². The van der Waals surface area contributed by atoms with E-state index < -0.39 is 0 Å². The lowest BCUT2D eigenvalue weighted by atomic mass is 12.0. The van der Waals surface area contributed by atoms with Gasteiger partial charge in [0.15, 0.2) is 0 Å². The Kier molecular flexibility index (Phi) is 43500000. The Balaban J connectivity index is 0. The molecule has 139 nitrogen and oxygen atoms in total. The molecule has 0 bridgehead atoms. The van der Waals surface area contributed by atoms with Crippen LogP contribution < -0.4 is 0 Å². The smallest absolute Gasteiger partial charge is 0.0776 e. The summed E-state index contributed by atoms with van der Waals surface area (Å²) in [5, 5.41) is 0. The third kappa shape index (κ3) is 76300. The van der Waals surface area contributed by atoms with Gasteiger partial charge in [-0.3, -0.25) is 0 Å². The average Bonchev–Trinajstić information content (AvgIpc) is 0. The van der Waals surface area contributed by atoms with Crippen molar-refractivity contribution in [3.05, 3.63) is 0 Å². The molecular weight excluding hydrogens is 2250 g/mol. The van der Waals surface area contributed by atoms with Gasteiger partial charge in [0.2, 0.25) is 0 Å². The molecule has 0 aliphatic carbocycles. The first-order valence-corrected chi connectivity index (χ1v) is 0. The molecule has 0 amide bonds. The highest BCUT2D eigenvalue weighted by atomic mass is 16.1. The van der Waals surface area contributed by atoms with Crippen LogP contribution in [-0.2, 0) is 0 Å². The second-order valence-electron chi connectivity index (χ2n) is 0. The van der Waals surface area contributed by atoms with Gasteiger partial charge >= 0.3 is 0 Å². The standard InChI is InChI=1S/2CH4.139H2O/h2*1H4;139*1H2. The molecule has 0 aliphatic heterocycles. The minimum atomic E-state index is 0. The molecule has 0 rings (SSSR count). The van der Waals surface area contributed by atoms with Crippen molar-refractivity contribution in [3.8, 4) is 0 Å². The second-order valence-corrected chi connectivity index (χ2v) is 0. The summed E-state index contributed by atoms with van der Waals surface area (Å²) >= 11 is 0. The summed E-state index contributed by atoms with van der Waals surface area (Å²) < 4.78 is 0. The van der Waals surface area contributed by atoms with Crippen molar-refractivity contribution in [2.75, 3.05) is 0 Å². The van der Waals surface area contributed by atoms with Crippen LogP contribution in [0.1, 0.15) is 14.9 Å². The van der Waals surface area contributed by atoms with Crippen molar-refractivity contribution in [1.29, 1.82) is 0 Å². The Labute approximate surface area is 778 Å². The van der Waals surface area contributed by atoms with Crippen LogP contribution in [0.25, 0.3) is 0 Å². The van der Waals surface area contributed by atoms with Gasteiger partial charge in [0.25, 0.3) is 0 Å². The Morgan fingerprint density at radius 3 is 0.0142 bits per heavy atom. The van der Waals surface area contributed by atoms with E-state index in [4.69, 9.17) is 0 Å². The molecule has 141 heavy (non-hydrogen) atoms. The van der Waals surface area contributed by atoms with E-state index in [1.165, 1.54) is 0 Å². The molecule has 1128 valence electrons. The maximum atomic E-state index is 0. The molecule has 0 fully saturated rings. The topological polar surface area (TPSA) is 4380 Å². The third-order valence-corrected chi connectivity index (χ3v) is 0. The van der Waals surface area contributed by atoms with Crippen LogP contribution in [0.15, 0.2) is 0 Å². The molecule has 278 N–H and O–H groups in total. The highest BCUT2D eigenvalue weighted by Gasteiger charge is -0.0752. The van der Waals surface area contributed by atoms with E-state index in [9.17, 15) is 0 Å². The fourth-order valence-corrected chi connectivity index (χ4v) is 0. The van der Waals surface area contributed by atoms with E-state index in [1.54, 1.807) is 0 Å². The van der Waals surface area contributed by atoms with E-state index in [-0.39, 0.29) is 776 Å². The van der Waals surface area contributed by atoms with E-state index >= 15 is 0 Å². The fourth-order valence-electron chi connectivity index (χ4n) is 0. The lowest BCUT2D eigenvalue weighted by molar-refractivity contribution is 0.823. The lowest BCUT2D eigenvalue weighted by Crippen LogP contribution is -0.290. The molecule has 0 aromatic rings. The summed E-state index contributed by atoms with van der Waals surface area (Å²) in [6, 6.07) is 0. The maximum Gasteiger partial charge on any atom is -0.0776 e. The molecule has 0 aliphatic rings. The van der Waals surface area contributed by atoms with Gasteiger partial charge in [0, 0.05) is 0 Å². The molecule has 139 heteroatoms. The van der Waals surface area contributed by atoms with Crippen molar-refractivity contribution < 1.29 is 761 Å². The quantitative estimate of drug-likeness (QED) is 0.218. The van der Waals surface area contributed by atoms with Crippen LogP contribution in [0.3, 0.4) is 0 Å². The van der Waals surface area contributed by atoms with Crippen LogP contribution in [0.2, 0.25) is 0 Å². The maximum absolute atomic E-state index is 0. The van der Waals surface area contributed by atoms with Gasteiger partial charge in [-0.2, -0.15) is 0 Å². The van der Waals surface area contributed by atoms with Gasteiger partial charge in [-0.15, -0.1) is 0 Å². The molecule has 0 spiro atoms. The Morgan fingerprint density at radius 2 is 0.0142 bits per heavy atom. The van der Waals surface area contributed by atoms with Gasteiger partial charge in [0.05, 0.1) is 0 Å². The minimum absolute atomic E-state index is 0. The van der Waals surface area contributed by atoms with Crippen LogP contribution in [0.5, 0.6) is 0 Å². The largest absolute Gasteiger partial charge is 0.412 e. The van der Waals surface area contributed by atoms with Crippen molar-refractivity contribution >= 4 is 0 Å². The third-order valence-electron chi connectivity index (χ3n) is 0. The van der Waals surface area contributed by atoms with Crippen LogP contribution in [-0.4, -0.2) is 761 Å². The summed E-state index contributed by atoms with van der Waals surface area (Å²) in [7, 11) is 0. The molecule has 0 aromatic carbocycles. The Hall–Kier alpha value is -5.56. The highest BCUT2D eigenvalue weighted by Crippen LogP contribution is 0.146. The number of hydrogen-bond donors (Lipinski definition) is 0. The van der Waals surface area contributed by atoms with E-state index in [0.717, 1.165) is 0 Å². The molecule has 0 atom stereocenters. The van der Waals surface area contributed by atoms with Crippen LogP contribution in [0, 0.1) is 0 Å². The van der Waals surface area contributed by atoms with Crippen molar-refractivity contribution in [2.24, 2.45) is 0 Å². The minimum Gasteiger partial charge on any atom is -0.412 e. The highest BCUT2D eigenvalue weighted by molar-refractivity contribution is 2.50. The van der Waals surface area contributed by atoms with Gasteiger partial charge < -0.3 is 761 Å². The van der Waals surface area contributed by atoms with Crippen molar-refractivity contribution in [2.45, 2.75) is 14.9 Å². The lowest BCUT2D eigenvalue weighted by Gasteiger charge is -0.413. The molecule has 0 unspecified atom stereocenters. The summed E-state index contributed by atoms with van der Waals surface area (Å²) in [5.74, 6) is 0. The predicted octanol–water partition coefficient (Wildman–Crippen LogP) is -113. The summed E-state index contributed by atoms with van der Waals surface area (Å²) in [6.45, 7) is 0. The van der Waals surface area contributed by atoms with Crippen LogP contribution >= 0.6 is 0 Å².